The Bertz CT molecular complexity index is 406. The zero-order valence-electron chi connectivity index (χ0n) is 8.90. The SMILES string of the molecule is CN1CCC(c2cccc(C#N)c2N)C1. The maximum absolute atomic E-state index is 8.90. The van der Waals surface area contributed by atoms with Gasteiger partial charge in [0.05, 0.1) is 11.3 Å². The summed E-state index contributed by atoms with van der Waals surface area (Å²) >= 11 is 0. The molecule has 0 aromatic heterocycles. The third kappa shape index (κ3) is 1.81. The number of hydrogen-bond acceptors (Lipinski definition) is 3. The van der Waals surface area contributed by atoms with Crippen LogP contribution in [-0.4, -0.2) is 25.0 Å². The number of nitrogens with two attached hydrogens (primary N) is 1. The molecule has 3 nitrogen and oxygen atoms in total. The zero-order valence-corrected chi connectivity index (χ0v) is 8.90. The molecule has 0 saturated carbocycles. The molecule has 1 aliphatic heterocycles. The molecule has 0 bridgehead atoms. The lowest BCUT2D eigenvalue weighted by molar-refractivity contribution is 0.411. The molecular formula is C12H15N3. The van der Waals surface area contributed by atoms with E-state index in [4.69, 9.17) is 11.0 Å². The van der Waals surface area contributed by atoms with Crippen LogP contribution in [0.5, 0.6) is 0 Å². The quantitative estimate of drug-likeness (QED) is 0.701. The van der Waals surface area contributed by atoms with Gasteiger partial charge in [0.25, 0.3) is 0 Å². The Morgan fingerprint density at radius 2 is 2.33 bits per heavy atom. The van der Waals surface area contributed by atoms with Crippen molar-refractivity contribution < 1.29 is 0 Å². The normalized spacial score (nSPS) is 21.5. The second-order valence-electron chi connectivity index (χ2n) is 4.17. The monoisotopic (exact) mass is 201 g/mol. The fourth-order valence-electron chi connectivity index (χ4n) is 2.23. The molecule has 78 valence electrons. The van der Waals surface area contributed by atoms with Gasteiger partial charge < -0.3 is 10.6 Å². The molecule has 2 rings (SSSR count). The number of rotatable bonds is 1. The van der Waals surface area contributed by atoms with E-state index in [2.05, 4.69) is 18.0 Å². The number of hydrogen-bond donors (Lipinski definition) is 1. The highest BCUT2D eigenvalue weighted by Crippen LogP contribution is 2.31. The van der Waals surface area contributed by atoms with Crippen molar-refractivity contribution in [3.8, 4) is 6.07 Å². The zero-order chi connectivity index (χ0) is 10.8. The highest BCUT2D eigenvalue weighted by molar-refractivity contribution is 5.60. The topological polar surface area (TPSA) is 53.0 Å². The Morgan fingerprint density at radius 1 is 1.53 bits per heavy atom. The van der Waals surface area contributed by atoms with Gasteiger partial charge in [-0.15, -0.1) is 0 Å². The van der Waals surface area contributed by atoms with E-state index in [0.29, 0.717) is 17.2 Å². The predicted molar refractivity (Wildman–Crippen MR) is 60.4 cm³/mol. The molecule has 1 aliphatic rings. The molecule has 1 unspecified atom stereocenters. The summed E-state index contributed by atoms with van der Waals surface area (Å²) in [6, 6.07) is 7.87. The van der Waals surface area contributed by atoms with E-state index >= 15 is 0 Å². The summed E-state index contributed by atoms with van der Waals surface area (Å²) in [6.45, 7) is 2.15. The Balaban J connectivity index is 2.33. The second kappa shape index (κ2) is 3.92. The van der Waals surface area contributed by atoms with Crippen LogP contribution in [0, 0.1) is 11.3 Å². The molecule has 0 amide bonds. The average Bonchev–Trinajstić information content (AvgIpc) is 2.65. The molecule has 0 aliphatic carbocycles. The van der Waals surface area contributed by atoms with Crippen LogP contribution >= 0.6 is 0 Å². The van der Waals surface area contributed by atoms with E-state index in [0.717, 1.165) is 25.1 Å². The Hall–Kier alpha value is -1.53. The van der Waals surface area contributed by atoms with Crippen molar-refractivity contribution in [1.29, 1.82) is 5.26 Å². The van der Waals surface area contributed by atoms with Crippen molar-refractivity contribution in [3.05, 3.63) is 29.3 Å². The summed E-state index contributed by atoms with van der Waals surface area (Å²) in [6.07, 6.45) is 1.13. The van der Waals surface area contributed by atoms with Gasteiger partial charge in [-0.25, -0.2) is 0 Å². The number of nitriles is 1. The molecule has 0 spiro atoms. The second-order valence-corrected chi connectivity index (χ2v) is 4.17. The Labute approximate surface area is 90.1 Å². The summed E-state index contributed by atoms with van der Waals surface area (Å²) in [7, 11) is 2.12. The van der Waals surface area contributed by atoms with E-state index in [-0.39, 0.29) is 0 Å². The number of para-hydroxylation sites is 1. The highest BCUT2D eigenvalue weighted by Gasteiger charge is 2.23. The standard InChI is InChI=1S/C12H15N3/c1-15-6-5-10(8-15)11-4-2-3-9(7-13)12(11)14/h2-4,10H,5-6,8,14H2,1H3. The number of nitrogens with zero attached hydrogens (tertiary/aromatic N) is 2. The van der Waals surface area contributed by atoms with Gasteiger partial charge in [-0.05, 0) is 37.6 Å². The maximum Gasteiger partial charge on any atom is 0.101 e. The van der Waals surface area contributed by atoms with Gasteiger partial charge in [-0.1, -0.05) is 12.1 Å². The van der Waals surface area contributed by atoms with Crippen LogP contribution in [0.3, 0.4) is 0 Å². The first-order chi connectivity index (χ1) is 7.22. The van der Waals surface area contributed by atoms with Gasteiger partial charge in [0.2, 0.25) is 0 Å². The van der Waals surface area contributed by atoms with E-state index < -0.39 is 0 Å². The van der Waals surface area contributed by atoms with Crippen molar-refractivity contribution >= 4 is 5.69 Å². The Kier molecular flexibility index (Phi) is 2.61. The van der Waals surface area contributed by atoms with Crippen molar-refractivity contribution in [2.24, 2.45) is 0 Å². The molecule has 1 atom stereocenters. The first-order valence-corrected chi connectivity index (χ1v) is 5.19. The third-order valence-electron chi connectivity index (χ3n) is 3.09. The lowest BCUT2D eigenvalue weighted by Crippen LogP contribution is -2.14. The lowest BCUT2D eigenvalue weighted by atomic mass is 9.95. The highest BCUT2D eigenvalue weighted by atomic mass is 15.1. The fraction of sp³-hybridized carbons (Fsp3) is 0.417. The van der Waals surface area contributed by atoms with E-state index in [1.807, 2.05) is 12.1 Å². The van der Waals surface area contributed by atoms with Crippen molar-refractivity contribution in [1.82, 2.24) is 4.90 Å². The van der Waals surface area contributed by atoms with Crippen LogP contribution in [0.25, 0.3) is 0 Å². The number of likely N-dealkylation sites (N-methyl/N-ethyl adjacent to an activating group) is 1. The molecule has 1 heterocycles. The van der Waals surface area contributed by atoms with Crippen molar-refractivity contribution in [2.75, 3.05) is 25.9 Å². The van der Waals surface area contributed by atoms with Gasteiger partial charge in [-0.2, -0.15) is 5.26 Å². The minimum Gasteiger partial charge on any atom is -0.397 e. The first kappa shape index (κ1) is 10.0. The molecule has 3 heteroatoms. The molecule has 0 radical (unpaired) electrons. The minimum absolute atomic E-state index is 0.489. The fourth-order valence-corrected chi connectivity index (χ4v) is 2.23. The summed E-state index contributed by atoms with van der Waals surface area (Å²) in [5.41, 5.74) is 8.38. The van der Waals surface area contributed by atoms with Crippen molar-refractivity contribution in [2.45, 2.75) is 12.3 Å². The van der Waals surface area contributed by atoms with Gasteiger partial charge in [0, 0.05) is 6.54 Å². The minimum atomic E-state index is 0.489. The van der Waals surface area contributed by atoms with Gasteiger partial charge in [0.15, 0.2) is 0 Å². The molecule has 2 N–H and O–H groups in total. The smallest absolute Gasteiger partial charge is 0.101 e. The first-order valence-electron chi connectivity index (χ1n) is 5.19. The van der Waals surface area contributed by atoms with Crippen molar-refractivity contribution in [3.63, 3.8) is 0 Å². The predicted octanol–water partition coefficient (Wildman–Crippen LogP) is 1.56. The third-order valence-corrected chi connectivity index (χ3v) is 3.09. The lowest BCUT2D eigenvalue weighted by Gasteiger charge is -2.13. The maximum atomic E-state index is 8.90. The van der Waals surface area contributed by atoms with E-state index in [1.165, 1.54) is 0 Å². The molecule has 1 aromatic rings. The molecular weight excluding hydrogens is 186 g/mol. The average molecular weight is 201 g/mol. The molecule has 1 aromatic carbocycles. The van der Waals surface area contributed by atoms with Gasteiger partial charge in [0.1, 0.15) is 6.07 Å². The van der Waals surface area contributed by atoms with Crippen LogP contribution in [0.1, 0.15) is 23.5 Å². The number of nitrogen functional groups attached to an aromatic ring is 1. The molecule has 15 heavy (non-hydrogen) atoms. The van der Waals surface area contributed by atoms with E-state index in [9.17, 15) is 0 Å². The Morgan fingerprint density at radius 3 is 2.93 bits per heavy atom. The van der Waals surface area contributed by atoms with Gasteiger partial charge in [-0.3, -0.25) is 0 Å². The summed E-state index contributed by atoms with van der Waals surface area (Å²) < 4.78 is 0. The van der Waals surface area contributed by atoms with Crippen LogP contribution < -0.4 is 5.73 Å². The summed E-state index contributed by atoms with van der Waals surface area (Å²) in [4.78, 5) is 2.29. The summed E-state index contributed by atoms with van der Waals surface area (Å²) in [5, 5.41) is 8.90. The van der Waals surface area contributed by atoms with Crippen LogP contribution in [0.4, 0.5) is 5.69 Å². The number of likely N-dealkylation sites (tertiary alicyclic amines) is 1. The number of benzene rings is 1. The van der Waals surface area contributed by atoms with E-state index in [1.54, 1.807) is 6.07 Å². The molecule has 1 fully saturated rings. The largest absolute Gasteiger partial charge is 0.397 e. The van der Waals surface area contributed by atoms with Gasteiger partial charge >= 0.3 is 0 Å². The van der Waals surface area contributed by atoms with Crippen LogP contribution in [-0.2, 0) is 0 Å². The number of anilines is 1. The van der Waals surface area contributed by atoms with Crippen LogP contribution in [0.2, 0.25) is 0 Å². The van der Waals surface area contributed by atoms with Crippen LogP contribution in [0.15, 0.2) is 18.2 Å². The summed E-state index contributed by atoms with van der Waals surface area (Å²) in [5.74, 6) is 0.489. The molecule has 1 saturated heterocycles.